The molecule has 1 N–H and O–H groups in total. The minimum atomic E-state index is 1.02. The number of fused-ring (bicyclic) bond motifs is 3. The van der Waals surface area contributed by atoms with Crippen molar-refractivity contribution in [2.24, 2.45) is 0 Å². The molecule has 0 unspecified atom stereocenters. The van der Waals surface area contributed by atoms with E-state index in [1.54, 1.807) is 0 Å². The van der Waals surface area contributed by atoms with Gasteiger partial charge in [0.05, 0.1) is 16.7 Å². The molecule has 2 nitrogen and oxygen atoms in total. The highest BCUT2D eigenvalue weighted by atomic mass is 14.8. The van der Waals surface area contributed by atoms with Crippen molar-refractivity contribution in [1.29, 1.82) is 0 Å². The highest BCUT2D eigenvalue weighted by Crippen LogP contribution is 2.35. The average molecular weight is 320 g/mol. The Balaban J connectivity index is 1.89. The summed E-state index contributed by atoms with van der Waals surface area (Å²) in [6.07, 6.45) is 0. The number of aromatic amines is 1. The summed E-state index contributed by atoms with van der Waals surface area (Å²) in [6.45, 7) is 0. The van der Waals surface area contributed by atoms with Crippen LogP contribution in [0.25, 0.3) is 44.3 Å². The van der Waals surface area contributed by atoms with E-state index in [2.05, 4.69) is 77.8 Å². The summed E-state index contributed by atoms with van der Waals surface area (Å²) >= 11 is 0. The zero-order valence-corrected chi connectivity index (χ0v) is 13.6. The lowest BCUT2D eigenvalue weighted by Gasteiger charge is -2.10. The predicted molar refractivity (Wildman–Crippen MR) is 104 cm³/mol. The first-order valence-electron chi connectivity index (χ1n) is 8.42. The maximum absolute atomic E-state index is 5.08. The molecule has 2 aromatic heterocycles. The second-order valence-corrected chi connectivity index (χ2v) is 6.18. The SMILES string of the molecule is c1ccc(-c2cc3[nH]c4ccccc4c3nc2-c2ccccc2)cc1. The quantitative estimate of drug-likeness (QED) is 0.421. The zero-order valence-electron chi connectivity index (χ0n) is 13.6. The van der Waals surface area contributed by atoms with Crippen molar-refractivity contribution in [3.8, 4) is 22.4 Å². The number of pyridine rings is 1. The molecule has 0 aliphatic heterocycles. The van der Waals surface area contributed by atoms with Crippen molar-refractivity contribution in [3.05, 3.63) is 91.0 Å². The van der Waals surface area contributed by atoms with Gasteiger partial charge in [-0.3, -0.25) is 0 Å². The van der Waals surface area contributed by atoms with Crippen LogP contribution < -0.4 is 0 Å². The molecule has 5 aromatic rings. The maximum atomic E-state index is 5.08. The summed E-state index contributed by atoms with van der Waals surface area (Å²) in [6, 6.07) is 31.4. The van der Waals surface area contributed by atoms with Crippen LogP contribution in [0.1, 0.15) is 0 Å². The molecule has 0 bridgehead atoms. The van der Waals surface area contributed by atoms with Crippen LogP contribution in [0.3, 0.4) is 0 Å². The normalized spacial score (nSPS) is 11.2. The topological polar surface area (TPSA) is 28.7 Å². The first-order valence-corrected chi connectivity index (χ1v) is 8.42. The zero-order chi connectivity index (χ0) is 16.6. The molecule has 0 saturated heterocycles. The number of hydrogen-bond donors (Lipinski definition) is 1. The summed E-state index contributed by atoms with van der Waals surface area (Å²) in [5, 5.41) is 1.16. The third kappa shape index (κ3) is 2.31. The van der Waals surface area contributed by atoms with Gasteiger partial charge in [0.2, 0.25) is 0 Å². The van der Waals surface area contributed by atoms with Crippen molar-refractivity contribution in [1.82, 2.24) is 9.97 Å². The molecule has 2 heteroatoms. The van der Waals surface area contributed by atoms with Crippen molar-refractivity contribution < 1.29 is 0 Å². The smallest absolute Gasteiger partial charge is 0.0965 e. The Hall–Kier alpha value is -3.39. The van der Waals surface area contributed by atoms with Crippen LogP contribution in [0, 0.1) is 0 Å². The Morgan fingerprint density at radius 2 is 1.24 bits per heavy atom. The number of aromatic nitrogens is 2. The molecule has 25 heavy (non-hydrogen) atoms. The largest absolute Gasteiger partial charge is 0.353 e. The number of benzene rings is 3. The molecule has 0 atom stereocenters. The summed E-state index contributed by atoms with van der Waals surface area (Å²) in [7, 11) is 0. The molecule has 0 amide bonds. The van der Waals surface area contributed by atoms with Crippen molar-refractivity contribution >= 4 is 21.9 Å². The van der Waals surface area contributed by atoms with Gasteiger partial charge in [-0.2, -0.15) is 0 Å². The van der Waals surface area contributed by atoms with Gasteiger partial charge in [0.1, 0.15) is 0 Å². The van der Waals surface area contributed by atoms with E-state index in [0.29, 0.717) is 0 Å². The maximum Gasteiger partial charge on any atom is 0.0965 e. The molecule has 0 saturated carbocycles. The van der Waals surface area contributed by atoms with Crippen molar-refractivity contribution in [3.63, 3.8) is 0 Å². The van der Waals surface area contributed by atoms with Crippen molar-refractivity contribution in [2.45, 2.75) is 0 Å². The number of nitrogens with zero attached hydrogens (tertiary/aromatic N) is 1. The molecule has 118 valence electrons. The van der Waals surface area contributed by atoms with E-state index < -0.39 is 0 Å². The van der Waals surface area contributed by atoms with Crippen LogP contribution in [0.2, 0.25) is 0 Å². The molecule has 0 aliphatic rings. The third-order valence-corrected chi connectivity index (χ3v) is 4.61. The molecule has 3 aromatic carbocycles. The lowest BCUT2D eigenvalue weighted by atomic mass is 9.98. The van der Waals surface area contributed by atoms with Gasteiger partial charge in [-0.15, -0.1) is 0 Å². The number of nitrogens with one attached hydrogen (secondary N) is 1. The van der Waals surface area contributed by atoms with E-state index in [1.165, 1.54) is 5.56 Å². The number of rotatable bonds is 2. The highest BCUT2D eigenvalue weighted by Gasteiger charge is 2.14. The van der Waals surface area contributed by atoms with Gasteiger partial charge in [0.15, 0.2) is 0 Å². The second-order valence-electron chi connectivity index (χ2n) is 6.18. The fraction of sp³-hybridized carbons (Fsp3) is 0. The summed E-state index contributed by atoms with van der Waals surface area (Å²) in [5.41, 5.74) is 7.68. The number of H-pyrrole nitrogens is 1. The lowest BCUT2D eigenvalue weighted by Crippen LogP contribution is -1.90. The van der Waals surface area contributed by atoms with Gasteiger partial charge in [-0.05, 0) is 17.7 Å². The van der Waals surface area contributed by atoms with E-state index in [9.17, 15) is 0 Å². The van der Waals surface area contributed by atoms with Crippen LogP contribution in [0.15, 0.2) is 91.0 Å². The Kier molecular flexibility index (Phi) is 3.14. The summed E-state index contributed by atoms with van der Waals surface area (Å²) in [5.74, 6) is 0. The molecular formula is C23H16N2. The third-order valence-electron chi connectivity index (χ3n) is 4.61. The molecule has 0 fully saturated rings. The van der Waals surface area contributed by atoms with Crippen LogP contribution in [0.5, 0.6) is 0 Å². The van der Waals surface area contributed by atoms with Gasteiger partial charge in [-0.1, -0.05) is 78.9 Å². The van der Waals surface area contributed by atoms with Crippen LogP contribution in [-0.4, -0.2) is 9.97 Å². The average Bonchev–Trinajstić information content (AvgIpc) is 3.06. The summed E-state index contributed by atoms with van der Waals surface area (Å²) in [4.78, 5) is 8.58. The first-order chi connectivity index (χ1) is 12.4. The van der Waals surface area contributed by atoms with Crippen LogP contribution in [-0.2, 0) is 0 Å². The molecule has 0 spiro atoms. The number of hydrogen-bond acceptors (Lipinski definition) is 1. The van der Waals surface area contributed by atoms with Gasteiger partial charge >= 0.3 is 0 Å². The van der Waals surface area contributed by atoms with Crippen LogP contribution >= 0.6 is 0 Å². The van der Waals surface area contributed by atoms with Crippen LogP contribution in [0.4, 0.5) is 0 Å². The fourth-order valence-corrected chi connectivity index (χ4v) is 3.41. The first kappa shape index (κ1) is 14.0. The van der Waals surface area contributed by atoms with Gasteiger partial charge in [0.25, 0.3) is 0 Å². The highest BCUT2D eigenvalue weighted by molar-refractivity contribution is 6.07. The fourth-order valence-electron chi connectivity index (χ4n) is 3.41. The Morgan fingerprint density at radius 3 is 2.00 bits per heavy atom. The van der Waals surface area contributed by atoms with Crippen molar-refractivity contribution in [2.75, 3.05) is 0 Å². The number of para-hydroxylation sites is 1. The van der Waals surface area contributed by atoms with Gasteiger partial charge < -0.3 is 4.98 Å². The Bertz CT molecular complexity index is 1170. The minimum Gasteiger partial charge on any atom is -0.353 e. The van der Waals surface area contributed by atoms with E-state index in [0.717, 1.165) is 38.8 Å². The Morgan fingerprint density at radius 1 is 0.600 bits per heavy atom. The monoisotopic (exact) mass is 320 g/mol. The van der Waals surface area contributed by atoms with E-state index in [-0.39, 0.29) is 0 Å². The molecule has 5 rings (SSSR count). The molecule has 2 heterocycles. The molecule has 0 aliphatic carbocycles. The van der Waals surface area contributed by atoms with E-state index in [4.69, 9.17) is 4.98 Å². The standard InChI is InChI=1S/C23H16N2/c1-3-9-16(10-4-1)19-15-21-23(18-13-7-8-14-20(18)24-21)25-22(19)17-11-5-2-6-12-17/h1-15,24H. The lowest BCUT2D eigenvalue weighted by molar-refractivity contribution is 1.40. The van der Waals surface area contributed by atoms with Gasteiger partial charge in [-0.25, -0.2) is 4.98 Å². The Labute approximate surface area is 145 Å². The summed E-state index contributed by atoms with van der Waals surface area (Å²) < 4.78 is 0. The predicted octanol–water partition coefficient (Wildman–Crippen LogP) is 6.05. The van der Waals surface area contributed by atoms with Gasteiger partial charge in [0, 0.05) is 22.0 Å². The van der Waals surface area contributed by atoms with E-state index >= 15 is 0 Å². The molecule has 0 radical (unpaired) electrons. The second kappa shape index (κ2) is 5.60. The van der Waals surface area contributed by atoms with E-state index in [1.807, 2.05) is 18.2 Å². The molecular weight excluding hydrogens is 304 g/mol. The minimum absolute atomic E-state index is 1.02.